The van der Waals surface area contributed by atoms with Gasteiger partial charge in [-0.3, -0.25) is 14.3 Å². The zero-order chi connectivity index (χ0) is 14.2. The molecule has 4 atom stereocenters. The number of carbonyl (C=O) groups is 1. The lowest BCUT2D eigenvalue weighted by Crippen LogP contribution is -2.36. The third-order valence-electron chi connectivity index (χ3n) is 3.18. The van der Waals surface area contributed by atoms with Crippen molar-refractivity contribution in [2.45, 2.75) is 25.4 Å². The smallest absolute Gasteiger partial charge is 0.330 e. The van der Waals surface area contributed by atoms with Gasteiger partial charge in [-0.2, -0.15) is 0 Å². The van der Waals surface area contributed by atoms with Crippen LogP contribution in [0.25, 0.3) is 0 Å². The molecular weight excluding hydrogens is 256 g/mol. The van der Waals surface area contributed by atoms with E-state index in [1.165, 1.54) is 13.1 Å². The number of hydrogen-bond donors (Lipinski definition) is 3. The summed E-state index contributed by atoms with van der Waals surface area (Å²) in [5, 5.41) is 18.8. The van der Waals surface area contributed by atoms with Crippen LogP contribution < -0.4 is 11.2 Å². The molecule has 0 bridgehead atoms. The van der Waals surface area contributed by atoms with Crippen LogP contribution >= 0.6 is 0 Å². The molecule has 0 aliphatic carbocycles. The fraction of sp³-hybridized carbons (Fsp3) is 0.545. The molecule has 19 heavy (non-hydrogen) atoms. The lowest BCUT2D eigenvalue weighted by atomic mass is 10.0. The second kappa shape index (κ2) is 5.08. The molecule has 1 aromatic rings. The molecule has 8 nitrogen and oxygen atoms in total. The van der Waals surface area contributed by atoms with E-state index in [1.807, 2.05) is 0 Å². The number of carbonyl (C=O) groups excluding carboxylic acids is 1. The van der Waals surface area contributed by atoms with E-state index in [1.54, 1.807) is 0 Å². The summed E-state index contributed by atoms with van der Waals surface area (Å²) < 4.78 is 6.33. The van der Waals surface area contributed by atoms with Gasteiger partial charge in [-0.1, -0.05) is 0 Å². The summed E-state index contributed by atoms with van der Waals surface area (Å²) in [7, 11) is 0. The molecule has 8 heteroatoms. The number of ether oxygens (including phenoxy) is 1. The van der Waals surface area contributed by atoms with Gasteiger partial charge in [0.15, 0.2) is 6.23 Å². The minimum absolute atomic E-state index is 0.273. The average molecular weight is 270 g/mol. The molecule has 2 rings (SSSR count). The van der Waals surface area contributed by atoms with E-state index >= 15 is 0 Å². The molecule has 0 saturated carbocycles. The molecule has 1 aliphatic heterocycles. The number of nitrogens with one attached hydrogen (secondary N) is 1. The van der Waals surface area contributed by atoms with E-state index in [4.69, 9.17) is 9.84 Å². The molecule has 1 aliphatic rings. The summed E-state index contributed by atoms with van der Waals surface area (Å²) in [5.41, 5.74) is -0.991. The Morgan fingerprint density at radius 3 is 2.79 bits per heavy atom. The van der Waals surface area contributed by atoms with Crippen molar-refractivity contribution in [1.29, 1.82) is 0 Å². The first kappa shape index (κ1) is 13.7. The summed E-state index contributed by atoms with van der Waals surface area (Å²) in [5.74, 6) is -0.986. The topological polar surface area (TPSA) is 122 Å². The van der Waals surface area contributed by atoms with Crippen LogP contribution in [0.3, 0.4) is 0 Å². The van der Waals surface area contributed by atoms with Gasteiger partial charge >= 0.3 is 5.69 Å². The maximum Gasteiger partial charge on any atom is 0.330 e. The van der Waals surface area contributed by atoms with Crippen LogP contribution in [-0.4, -0.2) is 44.9 Å². The summed E-state index contributed by atoms with van der Waals surface area (Å²) in [6.07, 6.45) is -1.47. The zero-order valence-corrected chi connectivity index (χ0v) is 10.1. The molecule has 0 aromatic carbocycles. The Kier molecular flexibility index (Phi) is 3.65. The predicted molar refractivity (Wildman–Crippen MR) is 62.6 cm³/mol. The fourth-order valence-electron chi connectivity index (χ4n) is 2.09. The average Bonchev–Trinajstić information content (AvgIpc) is 2.70. The molecule has 104 valence electrons. The highest BCUT2D eigenvalue weighted by Crippen LogP contribution is 2.32. The molecular formula is C11H14N2O6. The first-order valence-corrected chi connectivity index (χ1v) is 5.71. The summed E-state index contributed by atoms with van der Waals surface area (Å²) in [6, 6.07) is 0. The number of aromatic amines is 1. The van der Waals surface area contributed by atoms with E-state index in [0.717, 1.165) is 4.57 Å². The largest absolute Gasteiger partial charge is 0.394 e. The summed E-state index contributed by atoms with van der Waals surface area (Å²) in [4.78, 5) is 36.1. The Labute approximate surface area is 107 Å². The minimum Gasteiger partial charge on any atom is -0.394 e. The van der Waals surface area contributed by atoms with Gasteiger partial charge in [0.2, 0.25) is 0 Å². The zero-order valence-electron chi connectivity index (χ0n) is 10.1. The van der Waals surface area contributed by atoms with Crippen molar-refractivity contribution in [2.24, 2.45) is 5.92 Å². The molecule has 1 aromatic heterocycles. The monoisotopic (exact) mass is 270 g/mol. The number of aliphatic hydroxyl groups is 2. The van der Waals surface area contributed by atoms with E-state index in [0.29, 0.717) is 6.29 Å². The van der Waals surface area contributed by atoms with Crippen LogP contribution in [-0.2, 0) is 9.53 Å². The fourth-order valence-corrected chi connectivity index (χ4v) is 2.09. The number of hydrogen-bond acceptors (Lipinski definition) is 6. The van der Waals surface area contributed by atoms with E-state index in [9.17, 15) is 19.5 Å². The Morgan fingerprint density at radius 2 is 2.21 bits per heavy atom. The van der Waals surface area contributed by atoms with Crippen LogP contribution in [0.15, 0.2) is 15.8 Å². The van der Waals surface area contributed by atoms with Crippen molar-refractivity contribution in [3.8, 4) is 0 Å². The van der Waals surface area contributed by atoms with Gasteiger partial charge in [0.25, 0.3) is 5.56 Å². The first-order chi connectivity index (χ1) is 8.99. The molecule has 2 heterocycles. The Bertz CT molecular complexity index is 592. The lowest BCUT2D eigenvalue weighted by molar-refractivity contribution is -0.116. The highest BCUT2D eigenvalue weighted by atomic mass is 16.5. The number of aliphatic hydroxyl groups excluding tert-OH is 2. The highest BCUT2D eigenvalue weighted by molar-refractivity contribution is 5.56. The van der Waals surface area contributed by atoms with Crippen LogP contribution in [0, 0.1) is 12.8 Å². The Balaban J connectivity index is 2.47. The molecule has 1 saturated heterocycles. The number of aromatic nitrogens is 2. The lowest BCUT2D eigenvalue weighted by Gasteiger charge is -2.17. The van der Waals surface area contributed by atoms with Crippen molar-refractivity contribution in [1.82, 2.24) is 9.55 Å². The van der Waals surface area contributed by atoms with Gasteiger partial charge in [-0.05, 0) is 6.92 Å². The Morgan fingerprint density at radius 1 is 1.53 bits per heavy atom. The van der Waals surface area contributed by atoms with Gasteiger partial charge in [0.05, 0.1) is 18.6 Å². The number of aldehydes is 1. The summed E-state index contributed by atoms with van der Waals surface area (Å²) >= 11 is 0. The second-order valence-corrected chi connectivity index (χ2v) is 4.43. The normalized spacial score (nSPS) is 30.5. The van der Waals surface area contributed by atoms with E-state index in [-0.39, 0.29) is 5.56 Å². The molecule has 1 unspecified atom stereocenters. The van der Waals surface area contributed by atoms with Crippen molar-refractivity contribution < 1.29 is 19.7 Å². The van der Waals surface area contributed by atoms with Crippen LogP contribution in [0.1, 0.15) is 11.8 Å². The first-order valence-electron chi connectivity index (χ1n) is 5.71. The minimum atomic E-state index is -1.20. The quantitative estimate of drug-likeness (QED) is 0.541. The number of rotatable bonds is 3. The maximum atomic E-state index is 11.7. The molecule has 0 amide bonds. The predicted octanol–water partition coefficient (Wildman–Crippen LogP) is -2.09. The molecule has 3 N–H and O–H groups in total. The van der Waals surface area contributed by atoms with Crippen LogP contribution in [0.4, 0.5) is 0 Å². The standard InChI is InChI=1S/C11H14N2O6/c1-5-2-13(11(18)12-9(5)17)10-6(3-14)8(16)7(4-15)19-10/h2-3,6-8,10,15-16H,4H2,1H3,(H,12,17,18)/t6?,7-,8+,10-/m1/s1. The third kappa shape index (κ3) is 2.25. The number of H-pyrrole nitrogens is 1. The van der Waals surface area contributed by atoms with Crippen molar-refractivity contribution >= 4 is 6.29 Å². The van der Waals surface area contributed by atoms with Gasteiger partial charge in [-0.15, -0.1) is 0 Å². The summed E-state index contributed by atoms with van der Waals surface area (Å²) in [6.45, 7) is 1.03. The van der Waals surface area contributed by atoms with Crippen LogP contribution in [0.2, 0.25) is 0 Å². The third-order valence-corrected chi connectivity index (χ3v) is 3.18. The number of aryl methyl sites for hydroxylation is 1. The van der Waals surface area contributed by atoms with E-state index in [2.05, 4.69) is 4.98 Å². The molecule has 0 spiro atoms. The van der Waals surface area contributed by atoms with Crippen LogP contribution in [0.5, 0.6) is 0 Å². The van der Waals surface area contributed by atoms with Gasteiger partial charge in [0, 0.05) is 11.8 Å². The van der Waals surface area contributed by atoms with Crippen molar-refractivity contribution in [2.75, 3.05) is 6.61 Å². The van der Waals surface area contributed by atoms with Gasteiger partial charge < -0.3 is 19.7 Å². The molecule has 1 fully saturated rings. The van der Waals surface area contributed by atoms with Gasteiger partial charge in [0.1, 0.15) is 12.4 Å². The molecule has 0 radical (unpaired) electrons. The second-order valence-electron chi connectivity index (χ2n) is 4.43. The van der Waals surface area contributed by atoms with E-state index < -0.39 is 42.2 Å². The van der Waals surface area contributed by atoms with Crippen molar-refractivity contribution in [3.05, 3.63) is 32.6 Å². The SMILES string of the molecule is Cc1cn([C@@H]2O[C@H](CO)[C@@H](O)C2C=O)c(=O)[nH]c1=O. The van der Waals surface area contributed by atoms with Crippen molar-refractivity contribution in [3.63, 3.8) is 0 Å². The van der Waals surface area contributed by atoms with Gasteiger partial charge in [-0.25, -0.2) is 4.79 Å². The number of nitrogens with zero attached hydrogens (tertiary/aromatic N) is 1. The highest BCUT2D eigenvalue weighted by Gasteiger charge is 2.44. The maximum absolute atomic E-state index is 11.7. The Hall–Kier alpha value is -1.77.